The van der Waals surface area contributed by atoms with Crippen LogP contribution in [0.15, 0.2) is 11.6 Å². The van der Waals surface area contributed by atoms with Crippen molar-refractivity contribution in [1.82, 2.24) is 0 Å². The topological polar surface area (TPSA) is 312 Å². The summed E-state index contributed by atoms with van der Waals surface area (Å²) in [5.74, 6) is 0.942. The molecule has 3 saturated carbocycles. The van der Waals surface area contributed by atoms with Crippen LogP contribution in [0.4, 0.5) is 0 Å². The summed E-state index contributed by atoms with van der Waals surface area (Å²) in [6.07, 6.45) is -22.7. The Morgan fingerprint density at radius 3 is 1.83 bits per heavy atom. The van der Waals surface area contributed by atoms with Gasteiger partial charge in [-0.05, 0) is 88.4 Å². The van der Waals surface area contributed by atoms with Crippen LogP contribution in [0.3, 0.4) is 0 Å². The fourth-order valence-electron chi connectivity index (χ4n) is 15.1. The first-order valence-electron chi connectivity index (χ1n) is 26.5. The Balaban J connectivity index is 0.845. The molecule has 1 spiro atoms. The van der Waals surface area contributed by atoms with Gasteiger partial charge >= 0.3 is 0 Å². The number of ether oxygens (including phenoxy) is 10. The lowest BCUT2D eigenvalue weighted by atomic mass is 9.46. The van der Waals surface area contributed by atoms with Gasteiger partial charge in [0.25, 0.3) is 0 Å². The SMILES string of the molecule is C[C@@H]1CC[C@@]2(OC1)O[C@H]1C[C@H]3[C@@H]4CC=C5C[C@@H](O[C@@H]6O[C@H](CO)[C@@H](O[C@@H]7O[C@@H](C)[C@H](O[C@@H]8O[C@@H](C)[C@H](O)[C@@H](O)[C@H]8O)[C@@H](O)[C@H]7O)[C@H](O)[C@H]6O[C@@H]6O[C@@H](C)[C@H](O)[C@@H](O)[C@H]6O)CC[C@]5(C)[C@H]4CC(=O)[C@]3(C)[C@H]1[C@@H]2C. The Kier molecular flexibility index (Phi) is 15.1. The van der Waals surface area contributed by atoms with Crippen LogP contribution in [0, 0.1) is 46.3 Å². The van der Waals surface area contributed by atoms with Crippen LogP contribution >= 0.6 is 0 Å². The van der Waals surface area contributed by atoms with E-state index in [0.29, 0.717) is 49.9 Å². The summed E-state index contributed by atoms with van der Waals surface area (Å²) >= 11 is 0. The number of rotatable bonds is 9. The van der Waals surface area contributed by atoms with Crippen molar-refractivity contribution in [2.45, 2.75) is 241 Å². The van der Waals surface area contributed by atoms with Crippen molar-refractivity contribution in [3.05, 3.63) is 11.6 Å². The van der Waals surface area contributed by atoms with Crippen molar-refractivity contribution < 1.29 is 103 Å². The number of carbonyl (C=O) groups excluding carboxylic acids is 1. The Labute approximate surface area is 419 Å². The monoisotopic (exact) mass is 1030 g/mol. The number of fused-ring (bicyclic) bond motifs is 7. The molecule has 10 N–H and O–H groups in total. The number of carbonyl (C=O) groups is 1. The number of hydrogen-bond donors (Lipinski definition) is 10. The summed E-state index contributed by atoms with van der Waals surface area (Å²) in [7, 11) is 0. The molecule has 72 heavy (non-hydrogen) atoms. The van der Waals surface area contributed by atoms with Crippen LogP contribution < -0.4 is 0 Å². The largest absolute Gasteiger partial charge is 0.394 e. The Hall–Kier alpha value is -1.39. The van der Waals surface area contributed by atoms with Gasteiger partial charge in [-0.1, -0.05) is 39.3 Å². The number of hydrogen-bond acceptors (Lipinski definition) is 21. The van der Waals surface area contributed by atoms with E-state index >= 15 is 0 Å². The number of aliphatic hydroxyl groups excluding tert-OH is 10. The minimum atomic E-state index is -1.87. The summed E-state index contributed by atoms with van der Waals surface area (Å²) < 4.78 is 61.9. The third-order valence-corrected chi connectivity index (χ3v) is 19.6. The van der Waals surface area contributed by atoms with E-state index in [1.54, 1.807) is 0 Å². The lowest BCUT2D eigenvalue weighted by Gasteiger charge is -2.58. The first-order valence-corrected chi connectivity index (χ1v) is 26.5. The molecule has 0 aromatic heterocycles. The van der Waals surface area contributed by atoms with Crippen molar-refractivity contribution in [2.24, 2.45) is 46.3 Å². The Bertz CT molecular complexity index is 1970. The molecule has 0 bridgehead atoms. The zero-order valence-electron chi connectivity index (χ0n) is 42.3. The van der Waals surface area contributed by atoms with Crippen LogP contribution in [0.25, 0.3) is 0 Å². The maximum Gasteiger partial charge on any atom is 0.187 e. The number of allylic oxidation sites excluding steroid dienone is 1. The van der Waals surface area contributed by atoms with Crippen LogP contribution in [0.1, 0.15) is 99.8 Å². The minimum absolute atomic E-state index is 0.0310. The van der Waals surface area contributed by atoms with Gasteiger partial charge in [0.1, 0.15) is 85.1 Å². The van der Waals surface area contributed by atoms with E-state index in [1.165, 1.54) is 26.3 Å². The molecule has 410 valence electrons. The van der Waals surface area contributed by atoms with Crippen LogP contribution in [-0.4, -0.2) is 211 Å². The van der Waals surface area contributed by atoms with Crippen LogP contribution in [0.2, 0.25) is 0 Å². The summed E-state index contributed by atoms with van der Waals surface area (Å²) in [6, 6.07) is 0. The number of Topliss-reactive ketones (excluding diaryl/α,β-unsaturated/α-hetero) is 1. The summed E-state index contributed by atoms with van der Waals surface area (Å²) in [5, 5.41) is 109. The minimum Gasteiger partial charge on any atom is -0.394 e. The molecule has 0 amide bonds. The average Bonchev–Trinajstić information content (AvgIpc) is 3.80. The molecule has 6 heterocycles. The molecular formula is C51H80O21. The molecule has 9 fully saturated rings. The summed E-state index contributed by atoms with van der Waals surface area (Å²) in [4.78, 5) is 14.8. The molecule has 0 unspecified atom stereocenters. The zero-order chi connectivity index (χ0) is 51.7. The van der Waals surface area contributed by atoms with E-state index in [1.807, 2.05) is 0 Å². The highest BCUT2D eigenvalue weighted by molar-refractivity contribution is 5.87. The molecule has 0 radical (unpaired) electrons. The van der Waals surface area contributed by atoms with E-state index in [-0.39, 0.29) is 35.2 Å². The van der Waals surface area contributed by atoms with Gasteiger partial charge in [0.2, 0.25) is 0 Å². The molecule has 4 aliphatic carbocycles. The predicted octanol–water partition coefficient (Wildman–Crippen LogP) is -0.727. The lowest BCUT2D eigenvalue weighted by Crippen LogP contribution is -2.67. The van der Waals surface area contributed by atoms with Gasteiger partial charge in [-0.15, -0.1) is 0 Å². The normalized spacial score (nSPS) is 57.8. The van der Waals surface area contributed by atoms with E-state index < -0.39 is 147 Å². The molecule has 6 aliphatic heterocycles. The van der Waals surface area contributed by atoms with Gasteiger partial charge in [-0.2, -0.15) is 0 Å². The third-order valence-electron chi connectivity index (χ3n) is 19.6. The predicted molar refractivity (Wildman–Crippen MR) is 244 cm³/mol. The highest BCUT2D eigenvalue weighted by atomic mass is 16.8. The van der Waals surface area contributed by atoms with E-state index in [0.717, 1.165) is 25.7 Å². The number of ketones is 1. The molecular weight excluding hydrogens is 949 g/mol. The fourth-order valence-corrected chi connectivity index (χ4v) is 15.1. The third kappa shape index (κ3) is 8.82. The van der Waals surface area contributed by atoms with Crippen molar-refractivity contribution in [2.75, 3.05) is 13.2 Å². The van der Waals surface area contributed by atoms with Crippen LogP contribution in [0.5, 0.6) is 0 Å². The van der Waals surface area contributed by atoms with Crippen molar-refractivity contribution in [3.63, 3.8) is 0 Å². The molecule has 10 rings (SSSR count). The molecule has 21 heteroatoms. The van der Waals surface area contributed by atoms with Gasteiger partial charge in [0.15, 0.2) is 30.9 Å². The van der Waals surface area contributed by atoms with Gasteiger partial charge in [-0.3, -0.25) is 4.79 Å². The molecule has 10 aliphatic rings. The fraction of sp³-hybridized carbons (Fsp3) is 0.941. The second kappa shape index (κ2) is 20.1. The quantitative estimate of drug-likeness (QED) is 0.127. The second-order valence-electron chi connectivity index (χ2n) is 23.7. The van der Waals surface area contributed by atoms with Crippen molar-refractivity contribution in [1.29, 1.82) is 0 Å². The molecule has 6 saturated heterocycles. The maximum absolute atomic E-state index is 14.8. The number of aliphatic hydroxyl groups is 10. The highest BCUT2D eigenvalue weighted by Gasteiger charge is 2.71. The second-order valence-corrected chi connectivity index (χ2v) is 23.7. The smallest absolute Gasteiger partial charge is 0.187 e. The molecule has 0 aromatic rings. The summed E-state index contributed by atoms with van der Waals surface area (Å²) in [6.45, 7) is 13.2. The summed E-state index contributed by atoms with van der Waals surface area (Å²) in [5.41, 5.74) is 0.360. The first-order chi connectivity index (χ1) is 34.0. The van der Waals surface area contributed by atoms with Gasteiger partial charge < -0.3 is 98.4 Å². The maximum atomic E-state index is 14.8. The zero-order valence-corrected chi connectivity index (χ0v) is 42.3. The Morgan fingerprint density at radius 2 is 1.22 bits per heavy atom. The van der Waals surface area contributed by atoms with Crippen LogP contribution in [-0.2, 0) is 52.2 Å². The first kappa shape index (κ1) is 54.0. The van der Waals surface area contributed by atoms with E-state index in [2.05, 4.69) is 33.8 Å². The van der Waals surface area contributed by atoms with E-state index in [9.17, 15) is 55.9 Å². The van der Waals surface area contributed by atoms with E-state index in [4.69, 9.17) is 47.4 Å². The average molecular weight is 1030 g/mol. The van der Waals surface area contributed by atoms with Crippen molar-refractivity contribution >= 4 is 5.78 Å². The van der Waals surface area contributed by atoms with Crippen molar-refractivity contribution in [3.8, 4) is 0 Å². The van der Waals surface area contributed by atoms with Gasteiger partial charge in [0.05, 0.1) is 43.7 Å². The molecule has 21 nitrogen and oxygen atoms in total. The lowest BCUT2D eigenvalue weighted by molar-refractivity contribution is -0.394. The Morgan fingerprint density at radius 1 is 0.625 bits per heavy atom. The molecule has 31 atom stereocenters. The standard InChI is InChI=1S/C51H80O21/c1-19-10-13-51(63-18-19)20(2)32-29(72-51)15-28-26-9-8-24-14-25(11-12-49(24,6)27(26)16-31(53)50(28,32)7)67-48-44(71-46-39(60)36(57)34(55)22(4)65-46)41(62)43(30(17-52)68-48)70-47-40(61)37(58)42(23(5)66-47)69-45-38(59)35(56)33(54)21(3)64-45/h8,19-23,25-30,32-48,52,54-62H,9-18H2,1-7H3/t19-,20+,21+,22+,23+,25+,26-,27+,28+,29+,30-,32+,33+,34+,35-,36-,37+,38-,39-,40-,41+,42+,43-,44-,45+,46+,47+,48-,49+,50-,51-/m1/s1. The highest BCUT2D eigenvalue weighted by Crippen LogP contribution is 2.70. The van der Waals surface area contributed by atoms with Gasteiger partial charge in [0, 0.05) is 30.1 Å². The van der Waals surface area contributed by atoms with Gasteiger partial charge in [-0.25, -0.2) is 0 Å². The molecule has 0 aromatic carbocycles.